The van der Waals surface area contributed by atoms with E-state index in [1.807, 2.05) is 49.0 Å². The molecule has 3 aromatic rings. The Morgan fingerprint density at radius 3 is 2.74 bits per heavy atom. The molecule has 3 heterocycles. The molecule has 11 heteroatoms. The van der Waals surface area contributed by atoms with E-state index < -0.39 is 12.7 Å². The average molecular weight is 518 g/mol. The summed E-state index contributed by atoms with van der Waals surface area (Å²) in [6.45, 7) is 9.60. The van der Waals surface area contributed by atoms with Gasteiger partial charge in [0, 0.05) is 24.6 Å². The molecule has 188 valence electrons. The van der Waals surface area contributed by atoms with Crippen LogP contribution >= 0.6 is 18.7 Å². The van der Waals surface area contributed by atoms with Gasteiger partial charge in [-0.05, 0) is 58.7 Å². The van der Waals surface area contributed by atoms with Crippen LogP contribution < -0.4 is 15.9 Å². The Labute approximate surface area is 211 Å². The first-order chi connectivity index (χ1) is 16.5. The van der Waals surface area contributed by atoms with E-state index in [0.717, 1.165) is 36.9 Å². The number of aromatic nitrogens is 4. The topological polar surface area (TPSA) is 108 Å². The highest BCUT2D eigenvalue weighted by Gasteiger charge is 2.26. The minimum atomic E-state index is -2.49. The summed E-state index contributed by atoms with van der Waals surface area (Å²) in [7, 11) is -2.49. The van der Waals surface area contributed by atoms with Crippen LogP contribution in [-0.4, -0.2) is 68.3 Å². The van der Waals surface area contributed by atoms with Crippen LogP contribution in [0.25, 0.3) is 0 Å². The van der Waals surface area contributed by atoms with E-state index in [0.29, 0.717) is 29.0 Å². The van der Waals surface area contributed by atoms with E-state index in [2.05, 4.69) is 30.6 Å². The number of β-amino-alcohol motifs (C(OH)–C–C–N with tert-alkyl or cyclic N) is 1. The normalized spacial score (nSPS) is 17.4. The van der Waals surface area contributed by atoms with Crippen LogP contribution in [0.5, 0.6) is 0 Å². The Morgan fingerprint density at radius 1 is 1.23 bits per heavy atom. The predicted molar refractivity (Wildman–Crippen MR) is 142 cm³/mol. The van der Waals surface area contributed by atoms with E-state index in [1.165, 1.54) is 6.20 Å². The molecule has 3 N–H and O–H groups in total. The van der Waals surface area contributed by atoms with E-state index in [4.69, 9.17) is 11.6 Å². The van der Waals surface area contributed by atoms with Gasteiger partial charge in [0.25, 0.3) is 0 Å². The third-order valence-corrected chi connectivity index (χ3v) is 7.63. The zero-order valence-electron chi connectivity index (χ0n) is 20.6. The predicted octanol–water partition coefficient (Wildman–Crippen LogP) is 4.47. The highest BCUT2D eigenvalue weighted by Crippen LogP contribution is 2.38. The van der Waals surface area contributed by atoms with Crippen molar-refractivity contribution in [3.63, 3.8) is 0 Å². The van der Waals surface area contributed by atoms with Crippen molar-refractivity contribution in [2.24, 2.45) is 0 Å². The second-order valence-electron chi connectivity index (χ2n) is 10.1. The van der Waals surface area contributed by atoms with Crippen LogP contribution in [0.3, 0.4) is 0 Å². The molecule has 0 saturated carbocycles. The smallest absolute Gasteiger partial charge is 0.229 e. The van der Waals surface area contributed by atoms with Crippen LogP contribution in [0, 0.1) is 0 Å². The van der Waals surface area contributed by atoms with Crippen LogP contribution in [0.4, 0.5) is 23.1 Å². The number of anilines is 4. The molecular weight excluding hydrogens is 485 g/mol. The lowest BCUT2D eigenvalue weighted by Crippen LogP contribution is -2.44. The van der Waals surface area contributed by atoms with E-state index in [-0.39, 0.29) is 6.04 Å². The van der Waals surface area contributed by atoms with Gasteiger partial charge >= 0.3 is 0 Å². The Hall–Kier alpha value is -2.45. The maximum absolute atomic E-state index is 12.7. The first kappa shape index (κ1) is 25.6. The number of hydrogen-bond donors (Lipinski definition) is 3. The third-order valence-electron chi connectivity index (χ3n) is 5.80. The van der Waals surface area contributed by atoms with Gasteiger partial charge in [0.2, 0.25) is 5.95 Å². The van der Waals surface area contributed by atoms with E-state index in [9.17, 15) is 9.67 Å². The molecular formula is C24H33ClN7O2P. The van der Waals surface area contributed by atoms with Gasteiger partial charge in [-0.2, -0.15) is 10.1 Å². The minimum absolute atomic E-state index is 0.236. The summed E-state index contributed by atoms with van der Waals surface area (Å²) >= 11 is 6.36. The fourth-order valence-corrected chi connectivity index (χ4v) is 5.65. The second kappa shape index (κ2) is 10.3. The summed E-state index contributed by atoms with van der Waals surface area (Å²) in [6.07, 6.45) is 7.32. The molecule has 0 amide bonds. The quantitative estimate of drug-likeness (QED) is 0.376. The molecule has 4 rings (SSSR count). The number of halogens is 1. The van der Waals surface area contributed by atoms with E-state index >= 15 is 0 Å². The molecule has 0 aliphatic carbocycles. The zero-order chi connectivity index (χ0) is 25.2. The highest BCUT2D eigenvalue weighted by atomic mass is 35.5. The van der Waals surface area contributed by atoms with Gasteiger partial charge < -0.3 is 20.3 Å². The van der Waals surface area contributed by atoms with Gasteiger partial charge in [-0.3, -0.25) is 9.58 Å². The summed E-state index contributed by atoms with van der Waals surface area (Å²) in [5.74, 6) is 0.796. The number of rotatable bonds is 8. The molecule has 9 nitrogen and oxygen atoms in total. The van der Waals surface area contributed by atoms with Gasteiger partial charge in [0.15, 0.2) is 5.82 Å². The zero-order valence-corrected chi connectivity index (χ0v) is 22.2. The van der Waals surface area contributed by atoms with Crippen molar-refractivity contribution in [2.75, 3.05) is 43.6 Å². The van der Waals surface area contributed by atoms with Crippen LogP contribution in [0.15, 0.2) is 42.9 Å². The van der Waals surface area contributed by atoms with Gasteiger partial charge in [0.05, 0.1) is 35.4 Å². The monoisotopic (exact) mass is 517 g/mol. The Morgan fingerprint density at radius 2 is 2.00 bits per heavy atom. The maximum atomic E-state index is 12.7. The van der Waals surface area contributed by atoms with Crippen molar-refractivity contribution < 1.29 is 9.67 Å². The minimum Gasteiger partial charge on any atom is -0.389 e. The van der Waals surface area contributed by atoms with Crippen molar-refractivity contribution in [2.45, 2.75) is 38.3 Å². The molecule has 1 fully saturated rings. The van der Waals surface area contributed by atoms with Crippen molar-refractivity contribution in [1.82, 2.24) is 24.6 Å². The fraction of sp³-hybridized carbons (Fsp3) is 0.458. The summed E-state index contributed by atoms with van der Waals surface area (Å²) < 4.78 is 14.7. The molecule has 0 bridgehead atoms. The van der Waals surface area contributed by atoms with Gasteiger partial charge in [-0.25, -0.2) is 4.98 Å². The number of benzene rings is 1. The third kappa shape index (κ3) is 6.82. The van der Waals surface area contributed by atoms with Crippen LogP contribution in [-0.2, 0) is 4.57 Å². The number of hydrogen-bond acceptors (Lipinski definition) is 8. The van der Waals surface area contributed by atoms with Gasteiger partial charge in [-0.1, -0.05) is 23.7 Å². The van der Waals surface area contributed by atoms with E-state index in [1.54, 1.807) is 19.5 Å². The molecule has 1 atom stereocenters. The number of piperidine rings is 1. The number of aliphatic hydroxyl groups is 1. The van der Waals surface area contributed by atoms with Gasteiger partial charge in [-0.15, -0.1) is 0 Å². The first-order valence-corrected chi connectivity index (χ1v) is 14.7. The lowest BCUT2D eigenvalue weighted by atomic mass is 10.0. The first-order valence-electron chi connectivity index (χ1n) is 11.7. The van der Waals surface area contributed by atoms with Crippen LogP contribution in [0.1, 0.15) is 32.7 Å². The lowest BCUT2D eigenvalue weighted by Gasteiger charge is -2.36. The van der Waals surface area contributed by atoms with Crippen molar-refractivity contribution in [3.05, 3.63) is 47.9 Å². The van der Waals surface area contributed by atoms with Crippen molar-refractivity contribution in [3.8, 4) is 0 Å². The Bertz CT molecular complexity index is 1220. The maximum Gasteiger partial charge on any atom is 0.229 e. The van der Waals surface area contributed by atoms with Crippen molar-refractivity contribution in [1.29, 1.82) is 0 Å². The van der Waals surface area contributed by atoms with Crippen LogP contribution in [0.2, 0.25) is 5.02 Å². The molecule has 0 spiro atoms. The fourth-order valence-electron chi connectivity index (χ4n) is 4.36. The Balaban J connectivity index is 1.47. The molecule has 1 aliphatic rings. The molecule has 1 aromatic carbocycles. The molecule has 1 unspecified atom stereocenters. The number of nitrogens with one attached hydrogen (secondary N) is 2. The number of likely N-dealkylation sites (tertiary alicyclic amines) is 1. The largest absolute Gasteiger partial charge is 0.389 e. The summed E-state index contributed by atoms with van der Waals surface area (Å²) in [5, 5.41) is 22.2. The molecule has 1 saturated heterocycles. The van der Waals surface area contributed by atoms with Gasteiger partial charge in [0.1, 0.15) is 12.2 Å². The summed E-state index contributed by atoms with van der Waals surface area (Å²) in [6, 6.07) is 7.68. The number of para-hydroxylation sites is 1. The number of nitrogens with zero attached hydrogens (tertiary/aromatic N) is 5. The summed E-state index contributed by atoms with van der Waals surface area (Å²) in [5.41, 5.74) is 0.750. The Kier molecular flexibility index (Phi) is 7.52. The molecule has 2 aromatic heterocycles. The SMILES string of the molecule is CC(C)(O)CN1CCCC(n2cc(Nc3ncc(Cl)c(Nc4ccccc4P(C)(C)=O)n3)cn2)C1. The van der Waals surface area contributed by atoms with Crippen molar-refractivity contribution >= 4 is 47.2 Å². The highest BCUT2D eigenvalue weighted by molar-refractivity contribution is 7.70. The molecule has 0 radical (unpaired) electrons. The lowest BCUT2D eigenvalue weighted by molar-refractivity contribution is 0.0218. The second-order valence-corrected chi connectivity index (χ2v) is 13.7. The average Bonchev–Trinajstić information content (AvgIpc) is 3.23. The molecule has 1 aliphatic heterocycles. The molecule has 35 heavy (non-hydrogen) atoms. The standard InChI is InChI=1S/C24H33ClN7O2P/c1-24(2,33)16-31-11-7-8-18(15-31)32-14-17(12-27-32)28-23-26-13-19(25)22(30-23)29-20-9-5-6-10-21(20)35(3,4)34/h5-6,9-10,12-14,18,33H,7-8,11,15-16H2,1-4H3,(H2,26,28,29,30). The summed E-state index contributed by atoms with van der Waals surface area (Å²) in [4.78, 5) is 11.1.